The Morgan fingerprint density at radius 2 is 2.14 bits per heavy atom. The quantitative estimate of drug-likeness (QED) is 0.649. The third kappa shape index (κ3) is 3.59. The molecule has 0 atom stereocenters. The zero-order valence-corrected chi connectivity index (χ0v) is 13.1. The number of aromatic nitrogens is 1. The molecule has 1 N–H and O–H groups in total. The van der Waals surface area contributed by atoms with Crippen molar-refractivity contribution < 1.29 is 14.8 Å². The fourth-order valence-corrected chi connectivity index (χ4v) is 3.08. The lowest BCUT2D eigenvalue weighted by Gasteiger charge is -2.06. The van der Waals surface area contributed by atoms with Crippen molar-refractivity contribution in [2.75, 3.05) is 0 Å². The molecule has 0 unspecified atom stereocenters. The first kappa shape index (κ1) is 15.5. The number of carbonyl (C=O) groups is 1. The monoisotopic (exact) mass is 368 g/mol. The van der Waals surface area contributed by atoms with Crippen molar-refractivity contribution in [3.05, 3.63) is 56.2 Å². The van der Waals surface area contributed by atoms with Crippen LogP contribution in [0.2, 0.25) is 0 Å². The molecule has 0 aliphatic heterocycles. The molecule has 0 radical (unpaired) electrons. The summed E-state index contributed by atoms with van der Waals surface area (Å²) in [6.45, 7) is 1.60. The van der Waals surface area contributed by atoms with Gasteiger partial charge in [-0.3, -0.25) is 10.1 Å². The molecule has 1 heterocycles. The minimum absolute atomic E-state index is 0.0422. The number of aromatic carboxylic acids is 1. The van der Waals surface area contributed by atoms with E-state index in [2.05, 4.69) is 20.9 Å². The van der Waals surface area contributed by atoms with Gasteiger partial charge < -0.3 is 5.11 Å². The topological polar surface area (TPSA) is 93.3 Å². The summed E-state index contributed by atoms with van der Waals surface area (Å²) in [5.41, 5.74) is 0.532. The van der Waals surface area contributed by atoms with Gasteiger partial charge in [0, 0.05) is 27.2 Å². The van der Waals surface area contributed by atoms with Crippen molar-refractivity contribution in [3.8, 4) is 0 Å². The molecule has 2 aromatic rings. The Morgan fingerprint density at radius 3 is 2.76 bits per heavy atom. The average molecular weight is 369 g/mol. The summed E-state index contributed by atoms with van der Waals surface area (Å²) in [5.74, 6) is -1.06. The first-order chi connectivity index (χ1) is 9.88. The SMILES string of the molecule is Cc1cnc(Sc2cc(Br)ccc2C(=O)O)cc1[N+](=O)[O-]. The van der Waals surface area contributed by atoms with E-state index in [1.807, 2.05) is 0 Å². The molecular formula is C13H9BrN2O4S. The fraction of sp³-hybridized carbons (Fsp3) is 0.0769. The van der Waals surface area contributed by atoms with Crippen LogP contribution in [0.15, 0.2) is 44.9 Å². The van der Waals surface area contributed by atoms with Crippen LogP contribution in [-0.2, 0) is 0 Å². The maximum Gasteiger partial charge on any atom is 0.336 e. The van der Waals surface area contributed by atoms with E-state index in [9.17, 15) is 14.9 Å². The van der Waals surface area contributed by atoms with Gasteiger partial charge in [-0.15, -0.1) is 0 Å². The van der Waals surface area contributed by atoms with Gasteiger partial charge in [0.05, 0.1) is 10.5 Å². The Kier molecular flexibility index (Phi) is 4.59. The molecule has 0 aliphatic rings. The van der Waals surface area contributed by atoms with Crippen molar-refractivity contribution in [1.82, 2.24) is 4.98 Å². The van der Waals surface area contributed by atoms with Gasteiger partial charge in [0.2, 0.25) is 0 Å². The normalized spacial score (nSPS) is 10.4. The zero-order valence-electron chi connectivity index (χ0n) is 10.7. The summed E-state index contributed by atoms with van der Waals surface area (Å²) < 4.78 is 0.719. The second-order valence-corrected chi connectivity index (χ2v) is 6.09. The number of hydrogen-bond donors (Lipinski definition) is 1. The van der Waals surface area contributed by atoms with E-state index in [-0.39, 0.29) is 11.3 Å². The van der Waals surface area contributed by atoms with Crippen molar-refractivity contribution in [2.45, 2.75) is 16.8 Å². The number of aryl methyl sites for hydroxylation is 1. The fourth-order valence-electron chi connectivity index (χ4n) is 1.62. The molecule has 0 saturated carbocycles. The molecule has 21 heavy (non-hydrogen) atoms. The highest BCUT2D eigenvalue weighted by Crippen LogP contribution is 2.33. The maximum absolute atomic E-state index is 11.2. The van der Waals surface area contributed by atoms with E-state index < -0.39 is 10.9 Å². The summed E-state index contributed by atoms with van der Waals surface area (Å²) >= 11 is 4.34. The Bertz CT molecular complexity index is 736. The van der Waals surface area contributed by atoms with Gasteiger partial charge in [-0.25, -0.2) is 9.78 Å². The molecule has 1 aromatic heterocycles. The highest BCUT2D eigenvalue weighted by atomic mass is 79.9. The summed E-state index contributed by atoms with van der Waals surface area (Å²) in [4.78, 5) is 26.2. The Balaban J connectivity index is 2.43. The maximum atomic E-state index is 11.2. The van der Waals surface area contributed by atoms with Crippen LogP contribution in [0.4, 0.5) is 5.69 Å². The van der Waals surface area contributed by atoms with E-state index in [0.717, 1.165) is 16.2 Å². The van der Waals surface area contributed by atoms with Gasteiger partial charge in [0.25, 0.3) is 5.69 Å². The van der Waals surface area contributed by atoms with Crippen LogP contribution < -0.4 is 0 Å². The molecule has 0 bridgehead atoms. The van der Waals surface area contributed by atoms with E-state index in [0.29, 0.717) is 15.5 Å². The zero-order chi connectivity index (χ0) is 15.6. The van der Waals surface area contributed by atoms with Gasteiger partial charge in [-0.2, -0.15) is 0 Å². The molecule has 0 spiro atoms. The summed E-state index contributed by atoms with van der Waals surface area (Å²) in [5, 5.41) is 20.5. The third-order valence-corrected chi connectivity index (χ3v) is 4.12. The predicted molar refractivity (Wildman–Crippen MR) is 80.9 cm³/mol. The van der Waals surface area contributed by atoms with Crippen LogP contribution in [0.1, 0.15) is 15.9 Å². The number of nitro groups is 1. The average Bonchev–Trinajstić information content (AvgIpc) is 2.40. The van der Waals surface area contributed by atoms with Crippen LogP contribution in [0, 0.1) is 17.0 Å². The highest BCUT2D eigenvalue weighted by Gasteiger charge is 2.16. The molecule has 0 aliphatic carbocycles. The molecule has 1 aromatic carbocycles. The number of pyridine rings is 1. The van der Waals surface area contributed by atoms with E-state index >= 15 is 0 Å². The molecule has 2 rings (SSSR count). The Morgan fingerprint density at radius 1 is 1.43 bits per heavy atom. The number of benzene rings is 1. The molecule has 8 heteroatoms. The summed E-state index contributed by atoms with van der Waals surface area (Å²) in [7, 11) is 0. The number of nitrogens with zero attached hydrogens (tertiary/aromatic N) is 2. The molecule has 6 nitrogen and oxygen atoms in total. The van der Waals surface area contributed by atoms with Crippen molar-refractivity contribution in [2.24, 2.45) is 0 Å². The smallest absolute Gasteiger partial charge is 0.336 e. The van der Waals surface area contributed by atoms with Gasteiger partial charge in [0.15, 0.2) is 0 Å². The molecule has 108 valence electrons. The number of halogens is 1. The van der Waals surface area contributed by atoms with E-state index in [1.165, 1.54) is 18.3 Å². The van der Waals surface area contributed by atoms with Gasteiger partial charge in [-0.1, -0.05) is 27.7 Å². The first-order valence-electron chi connectivity index (χ1n) is 5.70. The van der Waals surface area contributed by atoms with Crippen LogP contribution in [-0.4, -0.2) is 21.0 Å². The number of carboxylic acids is 1. The Labute approximate surface area is 132 Å². The molecular weight excluding hydrogens is 360 g/mol. The second-order valence-electron chi connectivity index (χ2n) is 4.11. The van der Waals surface area contributed by atoms with E-state index in [4.69, 9.17) is 5.11 Å². The predicted octanol–water partition coefficient (Wildman–Crippen LogP) is 3.91. The third-order valence-electron chi connectivity index (χ3n) is 2.63. The van der Waals surface area contributed by atoms with Crippen LogP contribution in [0.3, 0.4) is 0 Å². The summed E-state index contributed by atoms with van der Waals surface area (Å²) in [6, 6.07) is 6.07. The number of carboxylic acid groups (broad SMARTS) is 1. The Hall–Kier alpha value is -1.93. The van der Waals surface area contributed by atoms with Crippen LogP contribution in [0.5, 0.6) is 0 Å². The number of rotatable bonds is 4. The van der Waals surface area contributed by atoms with Gasteiger partial charge in [0.1, 0.15) is 5.03 Å². The van der Waals surface area contributed by atoms with E-state index in [1.54, 1.807) is 19.1 Å². The lowest BCUT2D eigenvalue weighted by Crippen LogP contribution is -1.99. The first-order valence-corrected chi connectivity index (χ1v) is 7.31. The number of hydrogen-bond acceptors (Lipinski definition) is 5. The molecule has 0 fully saturated rings. The second kappa shape index (κ2) is 6.23. The van der Waals surface area contributed by atoms with Crippen molar-refractivity contribution in [3.63, 3.8) is 0 Å². The van der Waals surface area contributed by atoms with Gasteiger partial charge in [-0.05, 0) is 25.1 Å². The van der Waals surface area contributed by atoms with Crippen LogP contribution >= 0.6 is 27.7 Å². The molecule has 0 saturated heterocycles. The lowest BCUT2D eigenvalue weighted by atomic mass is 10.2. The largest absolute Gasteiger partial charge is 0.478 e. The summed E-state index contributed by atoms with van der Waals surface area (Å²) in [6.07, 6.45) is 1.40. The minimum atomic E-state index is -1.06. The van der Waals surface area contributed by atoms with Crippen molar-refractivity contribution >= 4 is 39.3 Å². The minimum Gasteiger partial charge on any atom is -0.478 e. The standard InChI is InChI=1S/C13H9BrN2O4S/c1-7-6-15-12(5-10(7)16(19)20)21-11-4-8(14)2-3-9(11)13(17)18/h2-6H,1H3,(H,17,18). The van der Waals surface area contributed by atoms with Gasteiger partial charge >= 0.3 is 5.97 Å². The lowest BCUT2D eigenvalue weighted by molar-refractivity contribution is -0.385. The highest BCUT2D eigenvalue weighted by molar-refractivity contribution is 9.10. The van der Waals surface area contributed by atoms with Crippen molar-refractivity contribution in [1.29, 1.82) is 0 Å². The van der Waals surface area contributed by atoms with Crippen LogP contribution in [0.25, 0.3) is 0 Å². The molecule has 0 amide bonds.